The maximum absolute atomic E-state index is 13.0. The van der Waals surface area contributed by atoms with Gasteiger partial charge in [-0.05, 0) is 25.5 Å². The number of nitrogens with zero attached hydrogens (tertiary/aromatic N) is 4. The molecule has 0 fully saturated rings. The van der Waals surface area contributed by atoms with Crippen LogP contribution in [0.3, 0.4) is 0 Å². The van der Waals surface area contributed by atoms with E-state index in [1.165, 1.54) is 11.3 Å². The van der Waals surface area contributed by atoms with Gasteiger partial charge < -0.3 is 9.80 Å². The Hall–Kier alpha value is -2.30. The molecule has 0 bridgehead atoms. The summed E-state index contributed by atoms with van der Waals surface area (Å²) in [5.74, 6) is 0.0585. The quantitative estimate of drug-likeness (QED) is 0.810. The van der Waals surface area contributed by atoms with Gasteiger partial charge in [-0.25, -0.2) is 0 Å². The van der Waals surface area contributed by atoms with Gasteiger partial charge in [0.25, 0.3) is 5.91 Å². The van der Waals surface area contributed by atoms with Crippen LogP contribution in [-0.2, 0) is 13.6 Å². The van der Waals surface area contributed by atoms with E-state index in [9.17, 15) is 4.79 Å². The zero-order valence-corrected chi connectivity index (χ0v) is 13.6. The predicted octanol–water partition coefficient (Wildman–Crippen LogP) is 2.21. The Morgan fingerprint density at radius 1 is 1.27 bits per heavy atom. The van der Waals surface area contributed by atoms with Crippen molar-refractivity contribution in [1.29, 1.82) is 0 Å². The SMILES string of the molecule is Cc1nn(C)cc1C(=O)N1Cc2ccccc2N(C)CC1C. The highest BCUT2D eigenvalue weighted by molar-refractivity contribution is 5.95. The molecule has 5 heteroatoms. The van der Waals surface area contributed by atoms with Gasteiger partial charge in [0, 0.05) is 45.1 Å². The maximum Gasteiger partial charge on any atom is 0.257 e. The average molecular weight is 298 g/mol. The molecule has 0 saturated carbocycles. The minimum Gasteiger partial charge on any atom is -0.372 e. The fourth-order valence-corrected chi connectivity index (χ4v) is 3.19. The van der Waals surface area contributed by atoms with Crippen molar-refractivity contribution in [2.75, 3.05) is 18.5 Å². The van der Waals surface area contributed by atoms with Crippen molar-refractivity contribution in [2.24, 2.45) is 7.05 Å². The molecular formula is C17H22N4O. The lowest BCUT2D eigenvalue weighted by atomic mass is 10.1. The largest absolute Gasteiger partial charge is 0.372 e. The third-order valence-corrected chi connectivity index (χ3v) is 4.32. The molecule has 1 aliphatic rings. The van der Waals surface area contributed by atoms with Gasteiger partial charge in [-0.15, -0.1) is 0 Å². The van der Waals surface area contributed by atoms with Crippen LogP contribution in [0.25, 0.3) is 0 Å². The Kier molecular flexibility index (Phi) is 3.64. The van der Waals surface area contributed by atoms with Crippen LogP contribution in [0.5, 0.6) is 0 Å². The molecule has 1 aromatic heterocycles. The van der Waals surface area contributed by atoms with Gasteiger partial charge >= 0.3 is 0 Å². The topological polar surface area (TPSA) is 41.4 Å². The minimum atomic E-state index is 0.0585. The minimum absolute atomic E-state index is 0.0585. The second-order valence-corrected chi connectivity index (χ2v) is 6.09. The van der Waals surface area contributed by atoms with E-state index >= 15 is 0 Å². The van der Waals surface area contributed by atoms with Gasteiger partial charge in [0.2, 0.25) is 0 Å². The first-order chi connectivity index (χ1) is 10.5. The lowest BCUT2D eigenvalue weighted by molar-refractivity contribution is 0.0686. The molecule has 22 heavy (non-hydrogen) atoms. The number of carbonyl (C=O) groups is 1. The van der Waals surface area contributed by atoms with Crippen molar-refractivity contribution in [3.05, 3.63) is 47.3 Å². The van der Waals surface area contributed by atoms with Gasteiger partial charge in [-0.1, -0.05) is 18.2 Å². The molecule has 1 aliphatic heterocycles. The Morgan fingerprint density at radius 3 is 2.68 bits per heavy atom. The summed E-state index contributed by atoms with van der Waals surface area (Å²) in [7, 11) is 3.93. The molecule has 0 saturated heterocycles. The molecule has 0 N–H and O–H groups in total. The lowest BCUT2D eigenvalue weighted by Crippen LogP contribution is -2.42. The van der Waals surface area contributed by atoms with Crippen molar-refractivity contribution >= 4 is 11.6 Å². The van der Waals surface area contributed by atoms with E-state index in [1.807, 2.05) is 37.2 Å². The van der Waals surface area contributed by atoms with E-state index in [0.29, 0.717) is 12.1 Å². The Morgan fingerprint density at radius 2 is 2.00 bits per heavy atom. The first-order valence-electron chi connectivity index (χ1n) is 7.57. The highest BCUT2D eigenvalue weighted by Gasteiger charge is 2.29. The number of fused-ring (bicyclic) bond motifs is 1. The zero-order chi connectivity index (χ0) is 15.9. The highest BCUT2D eigenvalue weighted by atomic mass is 16.2. The number of anilines is 1. The molecular weight excluding hydrogens is 276 g/mol. The molecule has 116 valence electrons. The van der Waals surface area contributed by atoms with Crippen LogP contribution in [0.15, 0.2) is 30.5 Å². The maximum atomic E-state index is 13.0. The number of rotatable bonds is 1. The number of aromatic nitrogens is 2. The molecule has 0 spiro atoms. The van der Waals surface area contributed by atoms with E-state index in [4.69, 9.17) is 0 Å². The van der Waals surface area contributed by atoms with Crippen LogP contribution in [0.2, 0.25) is 0 Å². The van der Waals surface area contributed by atoms with Crippen LogP contribution >= 0.6 is 0 Å². The monoisotopic (exact) mass is 298 g/mol. The van der Waals surface area contributed by atoms with Gasteiger partial charge in [0.15, 0.2) is 0 Å². The molecule has 1 aromatic carbocycles. The van der Waals surface area contributed by atoms with Crippen LogP contribution in [0, 0.1) is 6.92 Å². The zero-order valence-electron chi connectivity index (χ0n) is 13.6. The summed E-state index contributed by atoms with van der Waals surface area (Å²) in [6, 6.07) is 8.43. The van der Waals surface area contributed by atoms with Crippen molar-refractivity contribution < 1.29 is 4.79 Å². The molecule has 0 radical (unpaired) electrons. The number of likely N-dealkylation sites (N-methyl/N-ethyl adjacent to an activating group) is 1. The lowest BCUT2D eigenvalue weighted by Gasteiger charge is -2.28. The average Bonchev–Trinajstić information content (AvgIpc) is 2.76. The fraction of sp³-hybridized carbons (Fsp3) is 0.412. The van der Waals surface area contributed by atoms with Gasteiger partial charge in [0.05, 0.1) is 11.3 Å². The Bertz CT molecular complexity index is 706. The smallest absolute Gasteiger partial charge is 0.257 e. The highest BCUT2D eigenvalue weighted by Crippen LogP contribution is 2.27. The van der Waals surface area contributed by atoms with E-state index < -0.39 is 0 Å². The Labute approximate surface area is 131 Å². The standard InChI is InChI=1S/C17H22N4O/c1-12-9-19(3)16-8-6-5-7-14(16)10-21(12)17(22)15-11-20(4)18-13(15)2/h5-8,11-12H,9-10H2,1-4H3. The molecule has 2 aromatic rings. The Balaban J connectivity index is 1.97. The van der Waals surface area contributed by atoms with Gasteiger partial charge in [-0.3, -0.25) is 9.48 Å². The van der Waals surface area contributed by atoms with Crippen molar-refractivity contribution in [3.8, 4) is 0 Å². The molecule has 1 atom stereocenters. The van der Waals surface area contributed by atoms with Crippen LogP contribution in [0.4, 0.5) is 5.69 Å². The van der Waals surface area contributed by atoms with E-state index in [0.717, 1.165) is 12.2 Å². The number of carbonyl (C=O) groups excluding carboxylic acids is 1. The van der Waals surface area contributed by atoms with E-state index in [-0.39, 0.29) is 11.9 Å². The summed E-state index contributed by atoms with van der Waals surface area (Å²) in [5.41, 5.74) is 3.86. The predicted molar refractivity (Wildman–Crippen MR) is 87.0 cm³/mol. The second-order valence-electron chi connectivity index (χ2n) is 6.09. The van der Waals surface area contributed by atoms with Crippen LogP contribution < -0.4 is 4.90 Å². The molecule has 1 unspecified atom stereocenters. The number of aryl methyl sites for hydroxylation is 2. The molecule has 2 heterocycles. The summed E-state index contributed by atoms with van der Waals surface area (Å²) in [5, 5.41) is 4.29. The van der Waals surface area contributed by atoms with E-state index in [2.05, 4.69) is 36.1 Å². The van der Waals surface area contributed by atoms with Crippen LogP contribution in [0.1, 0.15) is 28.5 Å². The first kappa shape index (κ1) is 14.6. The molecule has 1 amide bonds. The number of hydrogen-bond acceptors (Lipinski definition) is 3. The third-order valence-electron chi connectivity index (χ3n) is 4.32. The first-order valence-corrected chi connectivity index (χ1v) is 7.57. The number of hydrogen-bond donors (Lipinski definition) is 0. The third kappa shape index (κ3) is 2.47. The molecule has 0 aliphatic carbocycles. The van der Waals surface area contributed by atoms with Crippen LogP contribution in [-0.4, -0.2) is 40.2 Å². The van der Waals surface area contributed by atoms with E-state index in [1.54, 1.807) is 4.68 Å². The molecule has 3 rings (SSSR count). The number of benzene rings is 1. The van der Waals surface area contributed by atoms with Crippen molar-refractivity contribution in [1.82, 2.24) is 14.7 Å². The number of para-hydroxylation sites is 1. The van der Waals surface area contributed by atoms with Crippen molar-refractivity contribution in [2.45, 2.75) is 26.4 Å². The van der Waals surface area contributed by atoms with Gasteiger partial charge in [0.1, 0.15) is 0 Å². The van der Waals surface area contributed by atoms with Gasteiger partial charge in [-0.2, -0.15) is 5.10 Å². The summed E-state index contributed by atoms with van der Waals surface area (Å²) in [6.07, 6.45) is 1.81. The fourth-order valence-electron chi connectivity index (χ4n) is 3.19. The normalized spacial score (nSPS) is 18.1. The summed E-state index contributed by atoms with van der Waals surface area (Å²) in [6.45, 7) is 5.44. The summed E-state index contributed by atoms with van der Waals surface area (Å²) >= 11 is 0. The second kappa shape index (κ2) is 5.48. The molecule has 5 nitrogen and oxygen atoms in total. The summed E-state index contributed by atoms with van der Waals surface area (Å²) in [4.78, 5) is 17.1. The van der Waals surface area contributed by atoms with Crippen molar-refractivity contribution in [3.63, 3.8) is 0 Å². The number of amides is 1. The summed E-state index contributed by atoms with van der Waals surface area (Å²) < 4.78 is 1.70.